The van der Waals surface area contributed by atoms with Crippen molar-refractivity contribution in [2.45, 2.75) is 13.0 Å². The first-order valence-electron chi connectivity index (χ1n) is 4.51. The van der Waals surface area contributed by atoms with Gasteiger partial charge in [0.05, 0.1) is 13.2 Å². The summed E-state index contributed by atoms with van der Waals surface area (Å²) in [5.74, 6) is 3.51. The molecule has 2 heteroatoms. The van der Waals surface area contributed by atoms with Crippen LogP contribution in [0.25, 0.3) is 0 Å². The van der Waals surface area contributed by atoms with E-state index in [0.717, 1.165) is 16.9 Å². The van der Waals surface area contributed by atoms with Crippen LogP contribution < -0.4 is 10.1 Å². The van der Waals surface area contributed by atoms with Gasteiger partial charge in [0.2, 0.25) is 0 Å². The largest absolute Gasteiger partial charge is 0.496 e. The van der Waals surface area contributed by atoms with Crippen molar-refractivity contribution in [3.8, 4) is 18.1 Å². The fraction of sp³-hybridized carbons (Fsp3) is 0.333. The lowest BCUT2D eigenvalue weighted by atomic mass is 10.0. The monoisotopic (exact) mass is 189 g/mol. The highest BCUT2D eigenvalue weighted by molar-refractivity contribution is 5.41. The first kappa shape index (κ1) is 10.6. The first-order chi connectivity index (χ1) is 6.72. The van der Waals surface area contributed by atoms with Crippen molar-refractivity contribution in [1.29, 1.82) is 0 Å². The molecule has 0 spiro atoms. The summed E-state index contributed by atoms with van der Waals surface area (Å²) in [7, 11) is 3.49. The molecule has 0 aliphatic carbocycles. The Kier molecular flexibility index (Phi) is 3.55. The Morgan fingerprint density at radius 1 is 1.50 bits per heavy atom. The number of benzene rings is 1. The van der Waals surface area contributed by atoms with E-state index in [0.29, 0.717) is 0 Å². The Hall–Kier alpha value is -1.46. The average molecular weight is 189 g/mol. The van der Waals surface area contributed by atoms with Gasteiger partial charge in [0, 0.05) is 5.56 Å². The van der Waals surface area contributed by atoms with E-state index >= 15 is 0 Å². The molecule has 1 aromatic rings. The summed E-state index contributed by atoms with van der Waals surface area (Å²) in [5, 5.41) is 3.05. The molecular weight excluding hydrogens is 174 g/mol. The zero-order valence-corrected chi connectivity index (χ0v) is 8.79. The molecule has 1 atom stereocenters. The second kappa shape index (κ2) is 4.69. The molecule has 1 rings (SSSR count). The minimum atomic E-state index is -0.0921. The Morgan fingerprint density at radius 2 is 2.21 bits per heavy atom. The van der Waals surface area contributed by atoms with Gasteiger partial charge in [-0.15, -0.1) is 6.42 Å². The van der Waals surface area contributed by atoms with Crippen LogP contribution >= 0.6 is 0 Å². The highest BCUT2D eigenvalue weighted by atomic mass is 16.5. The van der Waals surface area contributed by atoms with Crippen molar-refractivity contribution in [3.63, 3.8) is 0 Å². The predicted octanol–water partition coefficient (Wildman–Crippen LogP) is 1.90. The lowest BCUT2D eigenvalue weighted by Gasteiger charge is -2.14. The van der Waals surface area contributed by atoms with Crippen LogP contribution in [-0.2, 0) is 0 Å². The predicted molar refractivity (Wildman–Crippen MR) is 58.4 cm³/mol. The quantitative estimate of drug-likeness (QED) is 0.733. The summed E-state index contributed by atoms with van der Waals surface area (Å²) < 4.78 is 5.28. The Balaban J connectivity index is 3.14. The van der Waals surface area contributed by atoms with Gasteiger partial charge in [0.25, 0.3) is 0 Å². The summed E-state index contributed by atoms with van der Waals surface area (Å²) >= 11 is 0. The lowest BCUT2D eigenvalue weighted by molar-refractivity contribution is 0.406. The number of rotatable bonds is 3. The van der Waals surface area contributed by atoms with Crippen LogP contribution in [0.1, 0.15) is 17.2 Å². The first-order valence-corrected chi connectivity index (χ1v) is 4.51. The zero-order valence-electron chi connectivity index (χ0n) is 8.79. The molecule has 74 valence electrons. The standard InChI is InChI=1S/C12H15NO/c1-5-11(13-3)10-7-6-9(2)8-12(10)14-4/h1,6-8,11,13H,2-4H3. The molecule has 0 amide bonds. The summed E-state index contributed by atoms with van der Waals surface area (Å²) in [6.07, 6.45) is 5.41. The van der Waals surface area contributed by atoms with Crippen LogP contribution in [-0.4, -0.2) is 14.2 Å². The summed E-state index contributed by atoms with van der Waals surface area (Å²) in [6, 6.07) is 5.91. The normalized spacial score (nSPS) is 11.9. The molecular formula is C12H15NO. The molecule has 0 aliphatic heterocycles. The number of ether oxygens (including phenoxy) is 1. The van der Waals surface area contributed by atoms with Gasteiger partial charge in [-0.05, 0) is 25.6 Å². The second-order valence-electron chi connectivity index (χ2n) is 3.13. The van der Waals surface area contributed by atoms with Crippen molar-refractivity contribution in [3.05, 3.63) is 29.3 Å². The number of aryl methyl sites for hydroxylation is 1. The van der Waals surface area contributed by atoms with Crippen molar-refractivity contribution < 1.29 is 4.74 Å². The molecule has 14 heavy (non-hydrogen) atoms. The SMILES string of the molecule is C#CC(NC)c1ccc(C)cc1OC. The third-order valence-corrected chi connectivity index (χ3v) is 2.16. The van der Waals surface area contributed by atoms with E-state index in [1.54, 1.807) is 7.11 Å². The molecule has 0 heterocycles. The minimum absolute atomic E-state index is 0.0921. The van der Waals surface area contributed by atoms with Crippen LogP contribution in [0.15, 0.2) is 18.2 Å². The minimum Gasteiger partial charge on any atom is -0.496 e. The third-order valence-electron chi connectivity index (χ3n) is 2.16. The molecule has 1 N–H and O–H groups in total. The number of terminal acetylenes is 1. The van der Waals surface area contributed by atoms with E-state index < -0.39 is 0 Å². The van der Waals surface area contributed by atoms with Crippen molar-refractivity contribution in [2.75, 3.05) is 14.2 Å². The maximum Gasteiger partial charge on any atom is 0.124 e. The van der Waals surface area contributed by atoms with Crippen LogP contribution in [0.2, 0.25) is 0 Å². The van der Waals surface area contributed by atoms with E-state index in [1.807, 2.05) is 32.2 Å². The van der Waals surface area contributed by atoms with Crippen LogP contribution in [0.3, 0.4) is 0 Å². The van der Waals surface area contributed by atoms with Crippen LogP contribution in [0, 0.1) is 19.3 Å². The van der Waals surface area contributed by atoms with Gasteiger partial charge in [0.15, 0.2) is 0 Å². The van der Waals surface area contributed by atoms with E-state index in [1.165, 1.54) is 0 Å². The highest BCUT2D eigenvalue weighted by Crippen LogP contribution is 2.25. The van der Waals surface area contributed by atoms with Gasteiger partial charge >= 0.3 is 0 Å². The molecule has 2 nitrogen and oxygen atoms in total. The average Bonchev–Trinajstić information content (AvgIpc) is 2.21. The molecule has 0 saturated heterocycles. The zero-order chi connectivity index (χ0) is 10.6. The highest BCUT2D eigenvalue weighted by Gasteiger charge is 2.11. The molecule has 0 saturated carbocycles. The topological polar surface area (TPSA) is 21.3 Å². The van der Waals surface area contributed by atoms with E-state index in [9.17, 15) is 0 Å². The van der Waals surface area contributed by atoms with Gasteiger partial charge in [-0.2, -0.15) is 0 Å². The Morgan fingerprint density at radius 3 is 2.71 bits per heavy atom. The van der Waals surface area contributed by atoms with Crippen molar-refractivity contribution in [1.82, 2.24) is 5.32 Å². The van der Waals surface area contributed by atoms with Gasteiger partial charge in [-0.25, -0.2) is 0 Å². The van der Waals surface area contributed by atoms with Crippen molar-refractivity contribution in [2.24, 2.45) is 0 Å². The molecule has 0 bridgehead atoms. The molecule has 0 radical (unpaired) electrons. The van der Waals surface area contributed by atoms with Crippen molar-refractivity contribution >= 4 is 0 Å². The summed E-state index contributed by atoms with van der Waals surface area (Å²) in [6.45, 7) is 2.02. The van der Waals surface area contributed by atoms with Crippen LogP contribution in [0.5, 0.6) is 5.75 Å². The molecule has 1 unspecified atom stereocenters. The van der Waals surface area contributed by atoms with Gasteiger partial charge < -0.3 is 10.1 Å². The third kappa shape index (κ3) is 2.07. The van der Waals surface area contributed by atoms with Gasteiger partial charge in [-0.3, -0.25) is 0 Å². The van der Waals surface area contributed by atoms with E-state index in [2.05, 4.69) is 11.2 Å². The van der Waals surface area contributed by atoms with Crippen LogP contribution in [0.4, 0.5) is 0 Å². The fourth-order valence-electron chi connectivity index (χ4n) is 1.39. The Labute approximate surface area is 85.3 Å². The van der Waals surface area contributed by atoms with E-state index in [4.69, 9.17) is 11.2 Å². The molecule has 0 aliphatic rings. The smallest absolute Gasteiger partial charge is 0.124 e. The number of hydrogen-bond donors (Lipinski definition) is 1. The second-order valence-corrected chi connectivity index (χ2v) is 3.13. The maximum absolute atomic E-state index is 5.41. The summed E-state index contributed by atoms with van der Waals surface area (Å²) in [4.78, 5) is 0. The molecule has 0 aromatic heterocycles. The van der Waals surface area contributed by atoms with E-state index in [-0.39, 0.29) is 6.04 Å². The number of hydrogen-bond acceptors (Lipinski definition) is 2. The van der Waals surface area contributed by atoms with Gasteiger partial charge in [-0.1, -0.05) is 18.1 Å². The molecule has 0 fully saturated rings. The Bertz CT molecular complexity index is 352. The number of methoxy groups -OCH3 is 1. The lowest BCUT2D eigenvalue weighted by Crippen LogP contribution is -2.15. The summed E-state index contributed by atoms with van der Waals surface area (Å²) in [5.41, 5.74) is 2.17. The molecule has 1 aromatic carbocycles. The maximum atomic E-state index is 5.41. The fourth-order valence-corrected chi connectivity index (χ4v) is 1.39. The number of nitrogens with one attached hydrogen (secondary N) is 1. The van der Waals surface area contributed by atoms with Gasteiger partial charge in [0.1, 0.15) is 5.75 Å².